The van der Waals surface area contributed by atoms with Crippen LogP contribution in [0.5, 0.6) is 0 Å². The Morgan fingerprint density at radius 1 is 0.755 bits per heavy atom. The van der Waals surface area contributed by atoms with Crippen molar-refractivity contribution in [1.29, 1.82) is 0 Å². The molecule has 3 rings (SSSR count). The van der Waals surface area contributed by atoms with E-state index in [4.69, 9.17) is 13.3 Å². The number of aliphatic hydroxyl groups excluding tert-OH is 2. The maximum Gasteiger partial charge on any atom is 0.192 e. The summed E-state index contributed by atoms with van der Waals surface area (Å²) in [5, 5.41) is 22.5. The van der Waals surface area contributed by atoms with E-state index in [1.54, 1.807) is 0 Å². The number of benzene rings is 1. The molecule has 2 N–H and O–H groups in total. The predicted molar refractivity (Wildman–Crippen MR) is 216 cm³/mol. The lowest BCUT2D eigenvalue weighted by atomic mass is 9.90. The number of aliphatic hydroxyl groups is 2. The predicted octanol–water partition coefficient (Wildman–Crippen LogP) is 9.57. The molecule has 4 atom stereocenters. The van der Waals surface area contributed by atoms with E-state index in [-0.39, 0.29) is 33.9 Å². The Morgan fingerprint density at radius 3 is 1.82 bits per heavy atom. The van der Waals surface area contributed by atoms with Gasteiger partial charge in [0.2, 0.25) is 0 Å². The largest absolute Gasteiger partial charge is 0.415 e. The van der Waals surface area contributed by atoms with E-state index >= 15 is 0 Å². The molecule has 0 amide bonds. The first-order valence-corrected chi connectivity index (χ1v) is 27.9. The number of allylic oxidation sites excluding steroid dienone is 2. The molecular formula is C40H75NO5Si3. The molecule has 1 heterocycles. The minimum atomic E-state index is -2.25. The van der Waals surface area contributed by atoms with E-state index < -0.39 is 37.2 Å². The summed E-state index contributed by atoms with van der Waals surface area (Å²) in [5.74, 6) is 0. The van der Waals surface area contributed by atoms with Crippen molar-refractivity contribution in [3.8, 4) is 0 Å². The van der Waals surface area contributed by atoms with Gasteiger partial charge in [-0.25, -0.2) is 0 Å². The monoisotopic (exact) mass is 733 g/mol. The molecule has 0 spiro atoms. The van der Waals surface area contributed by atoms with E-state index in [2.05, 4.69) is 131 Å². The van der Waals surface area contributed by atoms with Crippen LogP contribution in [-0.4, -0.2) is 90.7 Å². The molecule has 9 heteroatoms. The minimum absolute atomic E-state index is 0.00355. The van der Waals surface area contributed by atoms with Gasteiger partial charge in [0.1, 0.15) is 0 Å². The molecule has 1 aliphatic carbocycles. The third-order valence-electron chi connectivity index (χ3n) is 12.7. The zero-order valence-electron chi connectivity index (χ0n) is 34.3. The van der Waals surface area contributed by atoms with Gasteiger partial charge in [-0.3, -0.25) is 4.90 Å². The highest BCUT2D eigenvalue weighted by atomic mass is 28.4. The average molecular weight is 734 g/mol. The molecule has 6 nitrogen and oxygen atoms in total. The van der Waals surface area contributed by atoms with Gasteiger partial charge in [-0.05, 0) is 115 Å². The summed E-state index contributed by atoms with van der Waals surface area (Å²) in [7, 11) is -6.53. The molecule has 2 aliphatic rings. The summed E-state index contributed by atoms with van der Waals surface area (Å²) in [6, 6.07) is 6.72. The van der Waals surface area contributed by atoms with Crippen molar-refractivity contribution in [2.24, 2.45) is 0 Å². The average Bonchev–Trinajstić information content (AvgIpc) is 2.96. The minimum Gasteiger partial charge on any atom is -0.415 e. The standard InChI is InChI=1S/C40H75NO5Si3/c1-38(2,3)47(10,11)44-29-34-36(43)37(46-49(14,15)40(7,8)9)35(45-48(12,13)39(4,5)6)28-41(34)23-21-30-25-31(22-24-42)27-33(26-30)32-19-17-16-18-20-32/h19,25-27,34-37,42-43H,16-18,20-24,28-29H2,1-15H3/t34-,35?,36-,37?/m1/s1. The molecule has 49 heavy (non-hydrogen) atoms. The van der Waals surface area contributed by atoms with E-state index in [0.717, 1.165) is 25.8 Å². The van der Waals surface area contributed by atoms with Crippen LogP contribution in [0.3, 0.4) is 0 Å². The zero-order chi connectivity index (χ0) is 37.2. The number of rotatable bonds is 13. The molecule has 1 aromatic rings. The van der Waals surface area contributed by atoms with Crippen LogP contribution in [0.25, 0.3) is 5.57 Å². The number of likely N-dealkylation sites (tertiary alicyclic amines) is 1. The summed E-state index contributed by atoms with van der Waals surface area (Å²) in [6.07, 6.45) is 7.28. The van der Waals surface area contributed by atoms with Gasteiger partial charge in [0.25, 0.3) is 0 Å². The third-order valence-corrected chi connectivity index (χ3v) is 26.2. The highest BCUT2D eigenvalue weighted by Gasteiger charge is 2.52. The van der Waals surface area contributed by atoms with E-state index in [9.17, 15) is 10.2 Å². The maximum absolute atomic E-state index is 12.5. The summed E-state index contributed by atoms with van der Waals surface area (Å²) < 4.78 is 21.3. The van der Waals surface area contributed by atoms with Gasteiger partial charge in [0.15, 0.2) is 25.0 Å². The van der Waals surface area contributed by atoms with Gasteiger partial charge in [-0.2, -0.15) is 0 Å². The molecule has 1 aromatic carbocycles. The summed E-state index contributed by atoms with van der Waals surface area (Å²) in [5.41, 5.74) is 5.22. The zero-order valence-corrected chi connectivity index (χ0v) is 37.3. The molecule has 2 unspecified atom stereocenters. The Balaban J connectivity index is 2.04. The van der Waals surface area contributed by atoms with Gasteiger partial charge < -0.3 is 23.5 Å². The molecule has 1 aliphatic heterocycles. The Kier molecular flexibility index (Phi) is 14.1. The van der Waals surface area contributed by atoms with Gasteiger partial charge in [0, 0.05) is 19.7 Å². The van der Waals surface area contributed by atoms with Crippen LogP contribution in [0.2, 0.25) is 54.4 Å². The fourth-order valence-electron chi connectivity index (χ4n) is 6.16. The van der Waals surface area contributed by atoms with E-state index in [1.807, 2.05) is 0 Å². The van der Waals surface area contributed by atoms with Crippen LogP contribution in [0.1, 0.15) is 105 Å². The third kappa shape index (κ3) is 10.9. The number of hydrogen-bond donors (Lipinski definition) is 2. The second-order valence-corrected chi connectivity index (χ2v) is 33.9. The normalized spacial score (nSPS) is 23.9. The van der Waals surface area contributed by atoms with Crippen LogP contribution in [0, 0.1) is 0 Å². The van der Waals surface area contributed by atoms with Crippen molar-refractivity contribution in [3.63, 3.8) is 0 Å². The summed E-state index contributed by atoms with van der Waals surface area (Å²) in [6.45, 7) is 36.4. The quantitative estimate of drug-likeness (QED) is 0.197. The smallest absolute Gasteiger partial charge is 0.192 e. The Bertz CT molecular complexity index is 1260. The van der Waals surface area contributed by atoms with E-state index in [0.29, 0.717) is 19.6 Å². The number of piperidine rings is 1. The summed E-state index contributed by atoms with van der Waals surface area (Å²) >= 11 is 0. The fraction of sp³-hybridized carbons (Fsp3) is 0.800. The second kappa shape index (κ2) is 16.2. The lowest BCUT2D eigenvalue weighted by Gasteiger charge is -2.53. The van der Waals surface area contributed by atoms with Crippen LogP contribution < -0.4 is 0 Å². The Labute approximate surface area is 304 Å². The van der Waals surface area contributed by atoms with Gasteiger partial charge in [-0.1, -0.05) is 86.6 Å². The van der Waals surface area contributed by atoms with Crippen molar-refractivity contribution in [3.05, 3.63) is 41.0 Å². The lowest BCUT2D eigenvalue weighted by Crippen LogP contribution is -2.68. The first kappa shape index (κ1) is 42.8. The maximum atomic E-state index is 12.5. The molecule has 282 valence electrons. The van der Waals surface area contributed by atoms with Crippen molar-refractivity contribution < 1.29 is 23.5 Å². The molecule has 0 radical (unpaired) electrons. The van der Waals surface area contributed by atoms with Crippen LogP contribution in [0.15, 0.2) is 24.3 Å². The molecule has 1 fully saturated rings. The van der Waals surface area contributed by atoms with Crippen molar-refractivity contribution in [2.75, 3.05) is 26.3 Å². The Hall–Kier alpha value is -0.629. The second-order valence-electron chi connectivity index (χ2n) is 19.6. The Morgan fingerprint density at radius 2 is 1.31 bits per heavy atom. The molecule has 0 bridgehead atoms. The van der Waals surface area contributed by atoms with Gasteiger partial charge in [0.05, 0.1) is 31.0 Å². The van der Waals surface area contributed by atoms with E-state index in [1.165, 1.54) is 35.1 Å². The van der Waals surface area contributed by atoms with Crippen LogP contribution in [-0.2, 0) is 26.1 Å². The van der Waals surface area contributed by atoms with Gasteiger partial charge in [-0.15, -0.1) is 0 Å². The number of hydrogen-bond acceptors (Lipinski definition) is 6. The van der Waals surface area contributed by atoms with Crippen molar-refractivity contribution in [1.82, 2.24) is 4.90 Å². The topological polar surface area (TPSA) is 71.4 Å². The summed E-state index contributed by atoms with van der Waals surface area (Å²) in [4.78, 5) is 2.46. The van der Waals surface area contributed by atoms with Crippen LogP contribution >= 0.6 is 0 Å². The molecule has 0 aromatic heterocycles. The van der Waals surface area contributed by atoms with Crippen LogP contribution in [0.4, 0.5) is 0 Å². The van der Waals surface area contributed by atoms with Gasteiger partial charge >= 0.3 is 0 Å². The lowest BCUT2D eigenvalue weighted by molar-refractivity contribution is -0.133. The van der Waals surface area contributed by atoms with Crippen molar-refractivity contribution >= 4 is 30.5 Å². The fourth-order valence-corrected chi connectivity index (χ4v) is 9.82. The SMILES string of the molecule is CC(C)(C)[Si](C)(C)OC[C@@H]1[C@@H](O)C(O[Si](C)(C)C(C)(C)C)C(O[Si](C)(C)C(C)(C)C)CN1CCc1cc(CCO)cc(C2=CCCCC2)c1. The van der Waals surface area contributed by atoms with Crippen molar-refractivity contribution in [2.45, 2.75) is 180 Å². The first-order valence-electron chi connectivity index (χ1n) is 19.1. The highest BCUT2D eigenvalue weighted by Crippen LogP contribution is 2.43. The molecular weight excluding hydrogens is 659 g/mol. The molecule has 1 saturated heterocycles. The highest BCUT2D eigenvalue weighted by molar-refractivity contribution is 6.75. The first-order chi connectivity index (χ1) is 22.3. The molecule has 0 saturated carbocycles. The number of nitrogens with zero attached hydrogens (tertiary/aromatic N) is 1.